The Labute approximate surface area is 451 Å². The first-order valence-electron chi connectivity index (χ1n) is 28.3. The van der Waals surface area contributed by atoms with E-state index >= 15 is 0 Å². The maximum Gasteiger partial charge on any atom is 0.187 e. The Morgan fingerprint density at radius 1 is 0.610 bits per heavy atom. The molecule has 8 rings (SSSR count). The molecule has 22 heteroatoms. The minimum atomic E-state index is -1.90. The second-order valence-electron chi connectivity index (χ2n) is 26.3. The van der Waals surface area contributed by atoms with Gasteiger partial charge in [0.15, 0.2) is 18.9 Å². The summed E-state index contributed by atoms with van der Waals surface area (Å²) in [5.74, 6) is 0.565. The van der Waals surface area contributed by atoms with Crippen molar-refractivity contribution in [3.63, 3.8) is 0 Å². The van der Waals surface area contributed by atoms with Crippen molar-refractivity contribution in [3.8, 4) is 0 Å². The summed E-state index contributed by atoms with van der Waals surface area (Å²) in [6, 6.07) is 0. The lowest BCUT2D eigenvalue weighted by atomic mass is 9.39. The van der Waals surface area contributed by atoms with Crippen LogP contribution in [0.3, 0.4) is 0 Å². The number of hydrogen-bond donors (Lipinski definition) is 15. The zero-order valence-electron chi connectivity index (χ0n) is 46.1. The van der Waals surface area contributed by atoms with Crippen LogP contribution in [-0.4, -0.2) is 237 Å². The first-order chi connectivity index (χ1) is 36.0. The smallest absolute Gasteiger partial charge is 0.187 e. The highest BCUT2D eigenvalue weighted by Crippen LogP contribution is 2.75. The van der Waals surface area contributed by atoms with Crippen LogP contribution in [0, 0.1) is 51.2 Å². The van der Waals surface area contributed by atoms with Crippen molar-refractivity contribution in [1.29, 1.82) is 0 Å². The van der Waals surface area contributed by atoms with Gasteiger partial charge in [0.2, 0.25) is 0 Å². The summed E-state index contributed by atoms with van der Waals surface area (Å²) < 4.78 is 42.3. The lowest BCUT2D eigenvalue weighted by Crippen LogP contribution is -2.65. The van der Waals surface area contributed by atoms with Gasteiger partial charge in [-0.2, -0.15) is 0 Å². The summed E-state index contributed by atoms with van der Waals surface area (Å²) in [4.78, 5) is 0. The SMILES string of the molecule is C[C@H](CC[C@@H](O[C@@H]1O[C@H](CO[C@H]2O[C@H](CO)[C@@H](O)[C@H](O)[C@H]2O)[C@@H](O)[C@H](O)[C@H]1O[C@@H]1O[C@H](CO)[C@@H](O)[C@H](O)[C@H]1O)C(C)(C)O)C1CC[C@@]2(C)C3CC=C4C(CC[C@H](O[C@@H]5C[C@H](CO)[C@@H](O)[C@H](O)[C@H]5O)C4(C)C)[C@]3(C)CC[C@]12C. The first-order valence-corrected chi connectivity index (χ1v) is 28.3. The number of hydrogen-bond acceptors (Lipinski definition) is 22. The van der Waals surface area contributed by atoms with Crippen molar-refractivity contribution in [2.45, 2.75) is 254 Å². The van der Waals surface area contributed by atoms with Gasteiger partial charge in [-0.15, -0.1) is 0 Å². The summed E-state index contributed by atoms with van der Waals surface area (Å²) in [5, 5.41) is 160. The molecule has 0 amide bonds. The molecule has 22 nitrogen and oxygen atoms in total. The van der Waals surface area contributed by atoms with Crippen LogP contribution in [0.15, 0.2) is 11.6 Å². The standard InChI is InChI=1S/C55H94O22/c1-24(26-15-16-55(8)33-12-10-27-28(53(33,6)17-18-54(26,55)7)11-14-34(51(27,2)3)72-29-19-25(20-56)36(59)41(64)37(29)60)9-13-35(52(4,5)70)76-50-47(77-49-46(69)43(66)39(62)31(22-58)74-49)44(67)40(63)32(75-50)23-71-48-45(68)42(65)38(61)30(21-57)73-48/h10,24-26,28-50,56-70H,9,11-23H2,1-8H3/t24-,25-,26?,28?,29-,30-,31-,32-,33?,34+,35-,36-,37+,38-,39-,40-,41+,42+,43+,44+,45-,46-,47-,48+,49+,50+,53+,54-,55+/m1/s1. The topological polar surface area (TPSA) is 368 Å². The zero-order valence-corrected chi connectivity index (χ0v) is 46.1. The molecule has 3 heterocycles. The number of aliphatic hydroxyl groups excluding tert-OH is 14. The third-order valence-corrected chi connectivity index (χ3v) is 21.2. The highest BCUT2D eigenvalue weighted by molar-refractivity contribution is 5.30. The van der Waals surface area contributed by atoms with Gasteiger partial charge < -0.3 is 110 Å². The molecule has 0 spiro atoms. The molecule has 29 atom stereocenters. The fourth-order valence-corrected chi connectivity index (χ4v) is 16.1. The van der Waals surface area contributed by atoms with Crippen LogP contribution in [0.2, 0.25) is 0 Å². The van der Waals surface area contributed by atoms with Gasteiger partial charge in [-0.25, -0.2) is 0 Å². The molecule has 0 aromatic heterocycles. The van der Waals surface area contributed by atoms with E-state index in [1.807, 2.05) is 0 Å². The quantitative estimate of drug-likeness (QED) is 0.0734. The van der Waals surface area contributed by atoms with E-state index in [-0.39, 0.29) is 53.1 Å². The Kier molecular flexibility index (Phi) is 18.9. The lowest BCUT2D eigenvalue weighted by Gasteiger charge is -2.66. The third-order valence-electron chi connectivity index (χ3n) is 21.2. The summed E-state index contributed by atoms with van der Waals surface area (Å²) in [7, 11) is 0. The van der Waals surface area contributed by atoms with Gasteiger partial charge in [-0.3, -0.25) is 0 Å². The van der Waals surface area contributed by atoms with Gasteiger partial charge in [0, 0.05) is 17.9 Å². The van der Waals surface area contributed by atoms with Crippen molar-refractivity contribution in [3.05, 3.63) is 11.6 Å². The highest BCUT2D eigenvalue weighted by Gasteiger charge is 2.68. The highest BCUT2D eigenvalue weighted by atomic mass is 16.8. The average Bonchev–Trinajstić information content (AvgIpc) is 3.69. The van der Waals surface area contributed by atoms with Crippen molar-refractivity contribution in [2.24, 2.45) is 51.2 Å². The van der Waals surface area contributed by atoms with Crippen LogP contribution in [-0.2, 0) is 33.2 Å². The summed E-state index contributed by atoms with van der Waals surface area (Å²) in [5.41, 5.74) is -0.583. The molecule has 77 heavy (non-hydrogen) atoms. The largest absolute Gasteiger partial charge is 0.396 e. The van der Waals surface area contributed by atoms with Crippen LogP contribution < -0.4 is 0 Å². The molecule has 15 N–H and O–H groups in total. The molecule has 8 aliphatic rings. The molecule has 446 valence electrons. The molecule has 0 bridgehead atoms. The maximum atomic E-state index is 11.8. The molecule has 3 saturated heterocycles. The zero-order chi connectivity index (χ0) is 56.6. The maximum absolute atomic E-state index is 11.8. The molecule has 0 radical (unpaired) electrons. The van der Waals surface area contributed by atoms with E-state index < -0.39 is 154 Å². The molecule has 0 aromatic rings. The van der Waals surface area contributed by atoms with E-state index in [4.69, 9.17) is 33.2 Å². The van der Waals surface area contributed by atoms with Crippen molar-refractivity contribution >= 4 is 0 Å². The number of rotatable bonds is 17. The first kappa shape index (κ1) is 61.9. The minimum Gasteiger partial charge on any atom is -0.396 e. The number of allylic oxidation sites excluding steroid dienone is 1. The predicted octanol–water partition coefficient (Wildman–Crippen LogP) is -1.54. The van der Waals surface area contributed by atoms with Gasteiger partial charge in [0.1, 0.15) is 85.5 Å². The number of fused-ring (bicyclic) bond motifs is 5. The second-order valence-corrected chi connectivity index (χ2v) is 26.3. The molecular weight excluding hydrogens is 1010 g/mol. The molecule has 4 saturated carbocycles. The van der Waals surface area contributed by atoms with E-state index in [0.717, 1.165) is 44.9 Å². The van der Waals surface area contributed by atoms with E-state index in [2.05, 4.69) is 47.6 Å². The van der Waals surface area contributed by atoms with Gasteiger partial charge >= 0.3 is 0 Å². The van der Waals surface area contributed by atoms with Gasteiger partial charge in [-0.05, 0) is 118 Å². The third kappa shape index (κ3) is 11.1. The average molecular weight is 1110 g/mol. The molecular formula is C55H94O22. The lowest BCUT2D eigenvalue weighted by molar-refractivity contribution is -0.380. The fourth-order valence-electron chi connectivity index (χ4n) is 16.1. The molecule has 7 fully saturated rings. The van der Waals surface area contributed by atoms with Gasteiger partial charge in [-0.1, -0.05) is 53.2 Å². The summed E-state index contributed by atoms with van der Waals surface area (Å²) >= 11 is 0. The summed E-state index contributed by atoms with van der Waals surface area (Å²) in [6.45, 7) is 14.8. The molecule has 3 aliphatic heterocycles. The Hall–Kier alpha value is -1.14. The molecule has 3 unspecified atom stereocenters. The monoisotopic (exact) mass is 1110 g/mol. The van der Waals surface area contributed by atoms with Crippen molar-refractivity contribution < 1.29 is 110 Å². The van der Waals surface area contributed by atoms with Crippen molar-refractivity contribution in [2.75, 3.05) is 26.4 Å². The Balaban J connectivity index is 0.973. The van der Waals surface area contributed by atoms with Crippen LogP contribution >= 0.6 is 0 Å². The van der Waals surface area contributed by atoms with E-state index in [1.165, 1.54) is 5.57 Å². The second kappa shape index (κ2) is 23.5. The van der Waals surface area contributed by atoms with Gasteiger partial charge in [0.05, 0.1) is 49.8 Å². The predicted molar refractivity (Wildman–Crippen MR) is 269 cm³/mol. The summed E-state index contributed by atoms with van der Waals surface area (Å²) in [6.07, 6.45) is -21.0. The van der Waals surface area contributed by atoms with E-state index in [1.54, 1.807) is 13.8 Å². The van der Waals surface area contributed by atoms with Gasteiger partial charge in [0.25, 0.3) is 0 Å². The molecule has 0 aromatic carbocycles. The van der Waals surface area contributed by atoms with Crippen LogP contribution in [0.4, 0.5) is 0 Å². The van der Waals surface area contributed by atoms with E-state index in [9.17, 15) is 76.6 Å². The van der Waals surface area contributed by atoms with Crippen LogP contribution in [0.1, 0.15) is 120 Å². The van der Waals surface area contributed by atoms with E-state index in [0.29, 0.717) is 24.2 Å². The van der Waals surface area contributed by atoms with Crippen LogP contribution in [0.25, 0.3) is 0 Å². The Morgan fingerprint density at radius 3 is 1.81 bits per heavy atom. The minimum absolute atomic E-state index is 0.00922. The Morgan fingerprint density at radius 2 is 1.19 bits per heavy atom. The molecule has 5 aliphatic carbocycles. The fraction of sp³-hybridized carbons (Fsp3) is 0.964. The number of ether oxygens (including phenoxy) is 7. The van der Waals surface area contributed by atoms with Crippen molar-refractivity contribution in [1.82, 2.24) is 0 Å². The number of aliphatic hydroxyl groups is 15. The Bertz CT molecular complexity index is 1980. The van der Waals surface area contributed by atoms with Crippen LogP contribution in [0.5, 0.6) is 0 Å². The normalized spacial score (nSPS) is 51.0.